The Morgan fingerprint density at radius 1 is 0.500 bits per heavy atom. The third-order valence-electron chi connectivity index (χ3n) is 8.81. The second-order valence-electron chi connectivity index (χ2n) is 10.8. The van der Waals surface area contributed by atoms with Crippen molar-refractivity contribution in [1.82, 2.24) is 4.98 Å². The van der Waals surface area contributed by atoms with Crippen molar-refractivity contribution in [1.29, 1.82) is 0 Å². The zero-order chi connectivity index (χ0) is 26.3. The zero-order valence-electron chi connectivity index (χ0n) is 21.6. The normalized spacial score (nSPS) is 16.3. The van der Waals surface area contributed by atoms with Crippen molar-refractivity contribution in [3.05, 3.63) is 162 Å². The van der Waals surface area contributed by atoms with Gasteiger partial charge in [-0.1, -0.05) is 103 Å². The van der Waals surface area contributed by atoms with Crippen LogP contribution in [0.15, 0.2) is 140 Å². The molecule has 0 fully saturated rings. The zero-order valence-corrected chi connectivity index (χ0v) is 21.6. The van der Waals surface area contributed by atoms with Crippen LogP contribution in [0, 0.1) is 0 Å². The van der Waals surface area contributed by atoms with E-state index in [1.807, 2.05) is 12.4 Å². The summed E-state index contributed by atoms with van der Waals surface area (Å²) in [5.41, 5.74) is 9.31. The number of fused-ring (bicyclic) bond motifs is 12. The summed E-state index contributed by atoms with van der Waals surface area (Å²) in [6.45, 7) is 0. The minimum atomic E-state index is -0.519. The molecule has 0 saturated heterocycles. The van der Waals surface area contributed by atoms with Gasteiger partial charge in [-0.2, -0.15) is 0 Å². The van der Waals surface area contributed by atoms with Crippen LogP contribution in [0.4, 0.5) is 0 Å². The second kappa shape index (κ2) is 7.91. The number of pyridine rings is 1. The first-order valence-corrected chi connectivity index (χ1v) is 13.7. The van der Waals surface area contributed by atoms with Crippen LogP contribution in [0.25, 0.3) is 43.8 Å². The third kappa shape index (κ3) is 2.75. The Hall–Kier alpha value is -5.21. The van der Waals surface area contributed by atoms with Crippen molar-refractivity contribution in [3.63, 3.8) is 0 Å². The lowest BCUT2D eigenvalue weighted by Crippen LogP contribution is -2.32. The number of hydrogen-bond acceptors (Lipinski definition) is 2. The summed E-state index contributed by atoms with van der Waals surface area (Å²) in [5.74, 6) is 1.69. The van der Waals surface area contributed by atoms with Gasteiger partial charge in [-0.15, -0.1) is 0 Å². The van der Waals surface area contributed by atoms with Gasteiger partial charge in [0.05, 0.1) is 11.6 Å². The molecule has 1 spiro atoms. The molecule has 6 aromatic carbocycles. The lowest BCUT2D eigenvalue weighted by atomic mass is 9.66. The Morgan fingerprint density at radius 2 is 1.25 bits per heavy atom. The first-order chi connectivity index (χ1) is 19.8. The van der Waals surface area contributed by atoms with Crippen LogP contribution < -0.4 is 4.74 Å². The summed E-state index contributed by atoms with van der Waals surface area (Å²) in [7, 11) is 0. The van der Waals surface area contributed by atoms with Crippen molar-refractivity contribution in [3.8, 4) is 33.8 Å². The van der Waals surface area contributed by atoms with E-state index in [1.165, 1.54) is 60.5 Å². The second-order valence-corrected chi connectivity index (χ2v) is 10.8. The quantitative estimate of drug-likeness (QED) is 0.220. The molecule has 2 nitrogen and oxygen atoms in total. The van der Waals surface area contributed by atoms with Gasteiger partial charge in [0.15, 0.2) is 5.75 Å². The molecule has 186 valence electrons. The van der Waals surface area contributed by atoms with Crippen LogP contribution in [0.3, 0.4) is 0 Å². The monoisotopic (exact) mass is 509 g/mol. The molecule has 0 saturated carbocycles. The molecule has 0 amide bonds. The fraction of sp³-hybridized carbons (Fsp3) is 0.0263. The SMILES string of the molecule is c1ccc2c(c1)-c1c(ccc3ccccc13)C21c2ccncc2Oc2ccc(-c3ccc4ccccc4c3)cc21. The summed E-state index contributed by atoms with van der Waals surface area (Å²) >= 11 is 0. The molecule has 1 aromatic heterocycles. The molecule has 40 heavy (non-hydrogen) atoms. The molecule has 9 rings (SSSR count). The minimum Gasteiger partial charge on any atom is -0.455 e. The molecule has 0 N–H and O–H groups in total. The van der Waals surface area contributed by atoms with Crippen molar-refractivity contribution < 1.29 is 4.74 Å². The van der Waals surface area contributed by atoms with Gasteiger partial charge in [0.1, 0.15) is 5.75 Å². The predicted molar refractivity (Wildman–Crippen MR) is 162 cm³/mol. The lowest BCUT2D eigenvalue weighted by Gasteiger charge is -2.39. The highest BCUT2D eigenvalue weighted by atomic mass is 16.5. The first-order valence-electron chi connectivity index (χ1n) is 13.7. The summed E-state index contributed by atoms with van der Waals surface area (Å²) < 4.78 is 6.58. The minimum absolute atomic E-state index is 0.519. The number of ether oxygens (including phenoxy) is 1. The van der Waals surface area contributed by atoms with Gasteiger partial charge in [0.25, 0.3) is 0 Å². The van der Waals surface area contributed by atoms with Crippen LogP contribution in [0.5, 0.6) is 11.5 Å². The molecule has 2 aliphatic rings. The lowest BCUT2D eigenvalue weighted by molar-refractivity contribution is 0.434. The largest absolute Gasteiger partial charge is 0.455 e. The maximum absolute atomic E-state index is 6.58. The van der Waals surface area contributed by atoms with E-state index in [0.717, 1.165) is 17.1 Å². The highest BCUT2D eigenvalue weighted by molar-refractivity contribution is 6.04. The van der Waals surface area contributed by atoms with Gasteiger partial charge in [0, 0.05) is 17.3 Å². The molecular formula is C38H23NO. The first kappa shape index (κ1) is 21.7. The van der Waals surface area contributed by atoms with E-state index >= 15 is 0 Å². The Balaban J connectivity index is 1.40. The van der Waals surface area contributed by atoms with Gasteiger partial charge < -0.3 is 4.74 Å². The third-order valence-corrected chi connectivity index (χ3v) is 8.81. The van der Waals surface area contributed by atoms with Crippen LogP contribution in [-0.4, -0.2) is 4.98 Å². The van der Waals surface area contributed by atoms with Gasteiger partial charge in [-0.25, -0.2) is 0 Å². The van der Waals surface area contributed by atoms with Crippen molar-refractivity contribution >= 4 is 21.5 Å². The molecule has 1 atom stereocenters. The van der Waals surface area contributed by atoms with Crippen molar-refractivity contribution in [2.75, 3.05) is 0 Å². The van der Waals surface area contributed by atoms with E-state index < -0.39 is 5.41 Å². The number of nitrogens with zero attached hydrogens (tertiary/aromatic N) is 1. The Kier molecular flexibility index (Phi) is 4.29. The molecule has 0 radical (unpaired) electrons. The van der Waals surface area contributed by atoms with E-state index in [1.54, 1.807) is 0 Å². The number of aromatic nitrogens is 1. The molecular weight excluding hydrogens is 486 g/mol. The van der Waals surface area contributed by atoms with Crippen LogP contribution >= 0.6 is 0 Å². The van der Waals surface area contributed by atoms with E-state index in [2.05, 4.69) is 132 Å². The fourth-order valence-corrected chi connectivity index (χ4v) is 7.12. The number of rotatable bonds is 1. The average Bonchev–Trinajstić information content (AvgIpc) is 3.32. The summed E-state index contributed by atoms with van der Waals surface area (Å²) in [4.78, 5) is 4.46. The molecule has 7 aromatic rings. The van der Waals surface area contributed by atoms with Crippen molar-refractivity contribution in [2.24, 2.45) is 0 Å². The van der Waals surface area contributed by atoms with Gasteiger partial charge in [-0.3, -0.25) is 4.98 Å². The van der Waals surface area contributed by atoms with Gasteiger partial charge in [0.2, 0.25) is 0 Å². The standard InChI is InChI=1S/C38H23NO/c1-2-9-26-21-27(14-13-24(26)7-1)28-16-18-35-34(22-28)38(32-19-20-39-23-36(32)40-35)31-12-6-5-11-30(31)37-29-10-4-3-8-25(29)15-17-33(37)38/h1-23H. The Morgan fingerprint density at radius 3 is 2.20 bits per heavy atom. The van der Waals surface area contributed by atoms with Crippen LogP contribution in [0.1, 0.15) is 22.3 Å². The average molecular weight is 510 g/mol. The summed E-state index contributed by atoms with van der Waals surface area (Å²) in [6, 6.07) is 46.3. The molecule has 1 unspecified atom stereocenters. The Bertz CT molecular complexity index is 2160. The van der Waals surface area contributed by atoms with Crippen molar-refractivity contribution in [2.45, 2.75) is 5.41 Å². The van der Waals surface area contributed by atoms with E-state index in [4.69, 9.17) is 4.74 Å². The van der Waals surface area contributed by atoms with E-state index in [0.29, 0.717) is 0 Å². The molecule has 1 aliphatic heterocycles. The van der Waals surface area contributed by atoms with E-state index in [9.17, 15) is 0 Å². The summed E-state index contributed by atoms with van der Waals surface area (Å²) in [6.07, 6.45) is 3.75. The number of hydrogen-bond donors (Lipinski definition) is 0. The number of benzene rings is 6. The smallest absolute Gasteiger partial charge is 0.150 e. The predicted octanol–water partition coefficient (Wildman–Crippen LogP) is 9.52. The highest BCUT2D eigenvalue weighted by Crippen LogP contribution is 2.63. The summed E-state index contributed by atoms with van der Waals surface area (Å²) in [5, 5.41) is 5.01. The maximum atomic E-state index is 6.58. The van der Waals surface area contributed by atoms with E-state index in [-0.39, 0.29) is 0 Å². The molecule has 0 bridgehead atoms. The van der Waals surface area contributed by atoms with Crippen LogP contribution in [-0.2, 0) is 5.41 Å². The fourth-order valence-electron chi connectivity index (χ4n) is 7.12. The molecule has 2 heteroatoms. The highest BCUT2D eigenvalue weighted by Gasteiger charge is 2.51. The van der Waals surface area contributed by atoms with Gasteiger partial charge in [-0.05, 0) is 79.2 Å². The topological polar surface area (TPSA) is 22.1 Å². The van der Waals surface area contributed by atoms with Gasteiger partial charge >= 0.3 is 0 Å². The Labute approximate surface area is 232 Å². The van der Waals surface area contributed by atoms with Crippen LogP contribution in [0.2, 0.25) is 0 Å². The molecule has 2 heterocycles. The molecule has 1 aliphatic carbocycles. The maximum Gasteiger partial charge on any atom is 0.150 e.